The van der Waals surface area contributed by atoms with Gasteiger partial charge in [-0.05, 0) is 38.7 Å². The van der Waals surface area contributed by atoms with E-state index in [0.717, 1.165) is 0 Å². The quantitative estimate of drug-likeness (QED) is 0.816. The molecule has 1 aliphatic rings. The van der Waals surface area contributed by atoms with Crippen LogP contribution >= 0.6 is 0 Å². The van der Waals surface area contributed by atoms with Gasteiger partial charge < -0.3 is 5.73 Å². The van der Waals surface area contributed by atoms with Gasteiger partial charge in [0.25, 0.3) is 0 Å². The van der Waals surface area contributed by atoms with Gasteiger partial charge in [-0.3, -0.25) is 4.68 Å². The van der Waals surface area contributed by atoms with Crippen LogP contribution in [0.1, 0.15) is 70.2 Å². The number of aromatic nitrogens is 2. The van der Waals surface area contributed by atoms with Crippen LogP contribution in [-0.2, 0) is 0 Å². The maximum Gasteiger partial charge on any atom is 0.0557 e. The molecule has 1 saturated carbocycles. The van der Waals surface area contributed by atoms with Crippen molar-refractivity contribution in [3.8, 4) is 0 Å². The molecule has 96 valence electrons. The summed E-state index contributed by atoms with van der Waals surface area (Å²) >= 11 is 0. The van der Waals surface area contributed by atoms with Gasteiger partial charge in [-0.2, -0.15) is 5.10 Å². The fraction of sp³-hybridized carbons (Fsp3) is 0.786. The second kappa shape index (κ2) is 5.67. The predicted octanol–water partition coefficient (Wildman–Crippen LogP) is 3.43. The second-order valence-corrected chi connectivity index (χ2v) is 5.57. The van der Waals surface area contributed by atoms with Crippen molar-refractivity contribution in [2.75, 3.05) is 0 Å². The lowest BCUT2D eigenvalue weighted by Gasteiger charge is -2.24. The minimum absolute atomic E-state index is 0.165. The van der Waals surface area contributed by atoms with Crippen molar-refractivity contribution in [3.63, 3.8) is 0 Å². The molecule has 1 aliphatic carbocycles. The second-order valence-electron chi connectivity index (χ2n) is 5.57. The molecule has 0 bridgehead atoms. The molecule has 0 saturated heterocycles. The summed E-state index contributed by atoms with van der Waals surface area (Å²) in [5.41, 5.74) is 7.68. The van der Waals surface area contributed by atoms with E-state index in [1.54, 1.807) is 0 Å². The van der Waals surface area contributed by atoms with Gasteiger partial charge in [0.15, 0.2) is 0 Å². The molecule has 2 rings (SSSR count). The normalized spacial score (nSPS) is 20.5. The van der Waals surface area contributed by atoms with Crippen molar-refractivity contribution in [1.29, 1.82) is 0 Å². The number of rotatable bonds is 3. The first-order valence-electron chi connectivity index (χ1n) is 6.99. The first-order chi connectivity index (χ1) is 8.20. The van der Waals surface area contributed by atoms with Gasteiger partial charge in [0.05, 0.1) is 5.69 Å². The van der Waals surface area contributed by atoms with Crippen LogP contribution in [0.3, 0.4) is 0 Å². The van der Waals surface area contributed by atoms with Gasteiger partial charge in [0.2, 0.25) is 0 Å². The van der Waals surface area contributed by atoms with Gasteiger partial charge >= 0.3 is 0 Å². The molecule has 2 N–H and O–H groups in total. The number of nitrogens with zero attached hydrogens (tertiary/aromatic N) is 2. The van der Waals surface area contributed by atoms with Crippen LogP contribution in [0.15, 0.2) is 12.3 Å². The maximum absolute atomic E-state index is 6.46. The summed E-state index contributed by atoms with van der Waals surface area (Å²) in [6.45, 7) is 4.33. The summed E-state index contributed by atoms with van der Waals surface area (Å²) in [5, 5.41) is 4.39. The Morgan fingerprint density at radius 2 is 1.88 bits per heavy atom. The molecular formula is C14H25N3. The molecule has 3 nitrogen and oxygen atoms in total. The van der Waals surface area contributed by atoms with E-state index in [0.29, 0.717) is 12.0 Å². The lowest BCUT2D eigenvalue weighted by molar-refractivity contribution is 0.355. The van der Waals surface area contributed by atoms with E-state index in [1.165, 1.54) is 44.2 Å². The SMILES string of the molecule is CC(C)n1nccc1C(N)C1CCCCCC1. The van der Waals surface area contributed by atoms with Crippen LogP contribution in [-0.4, -0.2) is 9.78 Å². The molecular weight excluding hydrogens is 210 g/mol. The van der Waals surface area contributed by atoms with E-state index in [-0.39, 0.29) is 6.04 Å². The zero-order valence-electron chi connectivity index (χ0n) is 11.1. The van der Waals surface area contributed by atoms with E-state index >= 15 is 0 Å². The standard InChI is InChI=1S/C14H25N3/c1-11(2)17-13(9-10-16-17)14(15)12-7-5-3-4-6-8-12/h9-12,14H,3-8,15H2,1-2H3. The molecule has 1 aromatic heterocycles. The molecule has 1 unspecified atom stereocenters. The highest BCUT2D eigenvalue weighted by molar-refractivity contribution is 5.08. The van der Waals surface area contributed by atoms with E-state index < -0.39 is 0 Å². The van der Waals surface area contributed by atoms with Crippen LogP contribution in [0, 0.1) is 5.92 Å². The highest BCUT2D eigenvalue weighted by Crippen LogP contribution is 2.32. The lowest BCUT2D eigenvalue weighted by atomic mass is 9.90. The minimum atomic E-state index is 0.165. The number of nitrogens with two attached hydrogens (primary N) is 1. The Bertz CT molecular complexity index is 335. The van der Waals surface area contributed by atoms with E-state index in [9.17, 15) is 0 Å². The Morgan fingerprint density at radius 1 is 1.24 bits per heavy atom. The molecule has 17 heavy (non-hydrogen) atoms. The summed E-state index contributed by atoms with van der Waals surface area (Å²) < 4.78 is 2.08. The third kappa shape index (κ3) is 2.89. The zero-order chi connectivity index (χ0) is 12.3. The van der Waals surface area contributed by atoms with E-state index in [4.69, 9.17) is 5.73 Å². The predicted molar refractivity (Wildman–Crippen MR) is 70.7 cm³/mol. The average molecular weight is 235 g/mol. The first kappa shape index (κ1) is 12.6. The Labute approximate surface area is 104 Å². The van der Waals surface area contributed by atoms with Crippen molar-refractivity contribution in [2.24, 2.45) is 11.7 Å². The smallest absolute Gasteiger partial charge is 0.0557 e. The zero-order valence-corrected chi connectivity index (χ0v) is 11.1. The van der Waals surface area contributed by atoms with Crippen LogP contribution in [0.4, 0.5) is 0 Å². The van der Waals surface area contributed by atoms with Gasteiger partial charge in [-0.1, -0.05) is 25.7 Å². The van der Waals surface area contributed by atoms with Gasteiger partial charge in [-0.25, -0.2) is 0 Å². The highest BCUT2D eigenvalue weighted by atomic mass is 15.3. The van der Waals surface area contributed by atoms with Crippen LogP contribution in [0.5, 0.6) is 0 Å². The summed E-state index contributed by atoms with van der Waals surface area (Å²) in [6.07, 6.45) is 9.89. The van der Waals surface area contributed by atoms with E-state index in [1.807, 2.05) is 6.20 Å². The minimum Gasteiger partial charge on any atom is -0.322 e. The molecule has 0 spiro atoms. The Kier molecular flexibility index (Phi) is 4.21. The maximum atomic E-state index is 6.46. The van der Waals surface area contributed by atoms with Gasteiger partial charge in [0, 0.05) is 18.3 Å². The molecule has 0 aliphatic heterocycles. The largest absolute Gasteiger partial charge is 0.322 e. The molecule has 1 aromatic rings. The Balaban J connectivity index is 2.11. The fourth-order valence-corrected chi connectivity index (χ4v) is 2.93. The third-order valence-corrected chi connectivity index (χ3v) is 3.94. The molecule has 0 amide bonds. The van der Waals surface area contributed by atoms with Crippen LogP contribution in [0.2, 0.25) is 0 Å². The summed E-state index contributed by atoms with van der Waals surface area (Å²) in [5.74, 6) is 0.645. The van der Waals surface area contributed by atoms with Crippen molar-refractivity contribution < 1.29 is 0 Å². The topological polar surface area (TPSA) is 43.8 Å². The van der Waals surface area contributed by atoms with E-state index in [2.05, 4.69) is 29.7 Å². The molecule has 1 heterocycles. The average Bonchev–Trinajstić information content (AvgIpc) is 2.64. The molecule has 0 aromatic carbocycles. The van der Waals surface area contributed by atoms with Crippen molar-refractivity contribution in [1.82, 2.24) is 9.78 Å². The van der Waals surface area contributed by atoms with Crippen molar-refractivity contribution >= 4 is 0 Å². The Hall–Kier alpha value is -0.830. The molecule has 0 radical (unpaired) electrons. The molecule has 3 heteroatoms. The molecule has 1 atom stereocenters. The fourth-order valence-electron chi connectivity index (χ4n) is 2.93. The van der Waals surface area contributed by atoms with Gasteiger partial charge in [0.1, 0.15) is 0 Å². The number of hydrogen-bond acceptors (Lipinski definition) is 2. The van der Waals surface area contributed by atoms with Crippen LogP contribution < -0.4 is 5.73 Å². The van der Waals surface area contributed by atoms with Crippen molar-refractivity contribution in [3.05, 3.63) is 18.0 Å². The summed E-state index contributed by atoms with van der Waals surface area (Å²) in [7, 11) is 0. The van der Waals surface area contributed by atoms with Crippen LogP contribution in [0.25, 0.3) is 0 Å². The van der Waals surface area contributed by atoms with Crippen molar-refractivity contribution in [2.45, 2.75) is 64.5 Å². The third-order valence-electron chi connectivity index (χ3n) is 3.94. The highest BCUT2D eigenvalue weighted by Gasteiger charge is 2.24. The summed E-state index contributed by atoms with van der Waals surface area (Å²) in [6, 6.07) is 2.66. The molecule has 1 fully saturated rings. The number of hydrogen-bond donors (Lipinski definition) is 1. The Morgan fingerprint density at radius 3 is 2.47 bits per heavy atom. The summed E-state index contributed by atoms with van der Waals surface area (Å²) in [4.78, 5) is 0. The lowest BCUT2D eigenvalue weighted by Crippen LogP contribution is -2.25. The van der Waals surface area contributed by atoms with Gasteiger partial charge in [-0.15, -0.1) is 0 Å². The first-order valence-corrected chi connectivity index (χ1v) is 6.99. The monoisotopic (exact) mass is 235 g/mol.